The Labute approximate surface area is 153 Å². The number of fused-ring (bicyclic) bond motifs is 2. The predicted molar refractivity (Wildman–Crippen MR) is 98.8 cm³/mol. The molecule has 2 amide bonds. The van der Waals surface area contributed by atoms with Gasteiger partial charge in [0, 0.05) is 6.54 Å². The number of rotatable bonds is 3. The second-order valence-corrected chi connectivity index (χ2v) is 6.24. The van der Waals surface area contributed by atoms with Crippen LogP contribution in [0, 0.1) is 6.92 Å². The first-order valence-corrected chi connectivity index (χ1v) is 8.35. The Hall–Kier alpha value is -3.68. The van der Waals surface area contributed by atoms with Gasteiger partial charge in [-0.2, -0.15) is 0 Å². The Morgan fingerprint density at radius 3 is 2.96 bits per heavy atom. The molecule has 27 heavy (non-hydrogen) atoms. The van der Waals surface area contributed by atoms with Gasteiger partial charge in [0.1, 0.15) is 5.75 Å². The fourth-order valence-electron chi connectivity index (χ4n) is 2.92. The molecular weight excluding hydrogens is 348 g/mol. The van der Waals surface area contributed by atoms with Gasteiger partial charge in [0.05, 0.1) is 16.6 Å². The molecule has 2 aromatic carbocycles. The van der Waals surface area contributed by atoms with Crippen LogP contribution >= 0.6 is 0 Å². The van der Waals surface area contributed by atoms with Crippen LogP contribution in [-0.2, 0) is 11.3 Å². The van der Waals surface area contributed by atoms with E-state index in [1.165, 1.54) is 0 Å². The second kappa shape index (κ2) is 6.56. The Morgan fingerprint density at radius 2 is 2.11 bits per heavy atom. The summed E-state index contributed by atoms with van der Waals surface area (Å²) >= 11 is 0. The number of aromatic nitrogens is 2. The number of ether oxygens (including phenoxy) is 1. The molecule has 4 rings (SSSR count). The Kier molecular flexibility index (Phi) is 4.08. The fraction of sp³-hybridized carbons (Fsp3) is 0.158. The summed E-state index contributed by atoms with van der Waals surface area (Å²) in [7, 11) is 0. The molecule has 1 aliphatic heterocycles. The number of para-hydroxylation sites is 1. The van der Waals surface area contributed by atoms with E-state index in [1.54, 1.807) is 30.3 Å². The van der Waals surface area contributed by atoms with Gasteiger partial charge in [0.25, 0.3) is 17.4 Å². The number of hydrogen-bond acceptors (Lipinski definition) is 5. The number of nitrogens with one attached hydrogen (secondary N) is 3. The molecule has 0 atom stereocenters. The second-order valence-electron chi connectivity index (χ2n) is 6.24. The van der Waals surface area contributed by atoms with Crippen molar-refractivity contribution in [3.05, 3.63) is 63.7 Å². The minimum atomic E-state index is -0.491. The molecule has 0 unspecified atom stereocenters. The summed E-state index contributed by atoms with van der Waals surface area (Å²) in [6.45, 7) is 2.03. The lowest BCUT2D eigenvalue weighted by Gasteiger charge is -2.18. The first-order valence-electron chi connectivity index (χ1n) is 8.35. The van der Waals surface area contributed by atoms with E-state index >= 15 is 0 Å². The summed E-state index contributed by atoms with van der Waals surface area (Å²) in [5.74, 6) is -0.177. The van der Waals surface area contributed by atoms with Crippen molar-refractivity contribution in [3.8, 4) is 5.75 Å². The van der Waals surface area contributed by atoms with Crippen molar-refractivity contribution in [1.29, 1.82) is 0 Å². The number of benzene rings is 2. The van der Waals surface area contributed by atoms with E-state index in [-0.39, 0.29) is 30.4 Å². The third-order valence-electron chi connectivity index (χ3n) is 4.28. The maximum atomic E-state index is 12.4. The van der Waals surface area contributed by atoms with Crippen molar-refractivity contribution in [2.24, 2.45) is 0 Å². The minimum absolute atomic E-state index is 0.0104. The molecule has 0 saturated carbocycles. The van der Waals surface area contributed by atoms with Crippen molar-refractivity contribution in [2.75, 3.05) is 11.9 Å². The lowest BCUT2D eigenvalue weighted by molar-refractivity contribution is -0.118. The SMILES string of the molecule is Cc1cccc2c(=O)[nH]c(C(=O)NCc3ccc4c(c3)NC(=O)CO4)nc12. The first-order chi connectivity index (χ1) is 13.0. The Morgan fingerprint density at radius 1 is 1.26 bits per heavy atom. The molecule has 3 N–H and O–H groups in total. The highest BCUT2D eigenvalue weighted by Crippen LogP contribution is 2.28. The van der Waals surface area contributed by atoms with E-state index in [0.29, 0.717) is 22.3 Å². The Balaban J connectivity index is 1.54. The molecule has 2 heterocycles. The summed E-state index contributed by atoms with van der Waals surface area (Å²) in [4.78, 5) is 42.8. The van der Waals surface area contributed by atoms with Crippen LogP contribution in [0.2, 0.25) is 0 Å². The molecule has 0 radical (unpaired) electrons. The van der Waals surface area contributed by atoms with Crippen LogP contribution in [0.4, 0.5) is 5.69 Å². The van der Waals surface area contributed by atoms with Crippen LogP contribution in [0.25, 0.3) is 10.9 Å². The maximum Gasteiger partial charge on any atom is 0.287 e. The average Bonchev–Trinajstić information content (AvgIpc) is 2.66. The summed E-state index contributed by atoms with van der Waals surface area (Å²) in [5.41, 5.74) is 2.29. The molecule has 0 saturated heterocycles. The largest absolute Gasteiger partial charge is 0.482 e. The van der Waals surface area contributed by atoms with Gasteiger partial charge in [-0.15, -0.1) is 0 Å². The summed E-state index contributed by atoms with van der Waals surface area (Å²) in [5, 5.41) is 5.88. The van der Waals surface area contributed by atoms with Gasteiger partial charge in [0.2, 0.25) is 0 Å². The van der Waals surface area contributed by atoms with E-state index in [9.17, 15) is 14.4 Å². The first kappa shape index (κ1) is 16.8. The molecule has 1 aromatic heterocycles. The summed E-state index contributed by atoms with van der Waals surface area (Å²) in [6, 6.07) is 10.5. The number of aryl methyl sites for hydroxylation is 1. The molecular formula is C19H16N4O4. The minimum Gasteiger partial charge on any atom is -0.482 e. The summed E-state index contributed by atoms with van der Waals surface area (Å²) in [6.07, 6.45) is 0. The van der Waals surface area contributed by atoms with E-state index in [1.807, 2.05) is 13.0 Å². The van der Waals surface area contributed by atoms with Gasteiger partial charge in [-0.25, -0.2) is 4.98 Å². The Bertz CT molecular complexity index is 1140. The van der Waals surface area contributed by atoms with Gasteiger partial charge in [-0.3, -0.25) is 14.4 Å². The normalized spacial score (nSPS) is 12.9. The van der Waals surface area contributed by atoms with E-state index < -0.39 is 5.91 Å². The van der Waals surface area contributed by atoms with Crippen LogP contribution < -0.4 is 20.9 Å². The van der Waals surface area contributed by atoms with Crippen molar-refractivity contribution in [2.45, 2.75) is 13.5 Å². The third kappa shape index (κ3) is 3.24. The van der Waals surface area contributed by atoms with Gasteiger partial charge in [-0.05, 0) is 36.2 Å². The molecule has 0 bridgehead atoms. The number of H-pyrrole nitrogens is 1. The van der Waals surface area contributed by atoms with Crippen molar-refractivity contribution in [3.63, 3.8) is 0 Å². The topological polar surface area (TPSA) is 113 Å². The summed E-state index contributed by atoms with van der Waals surface area (Å²) < 4.78 is 5.30. The van der Waals surface area contributed by atoms with E-state index in [0.717, 1.165) is 11.1 Å². The molecule has 0 fully saturated rings. The highest BCUT2D eigenvalue weighted by molar-refractivity contribution is 5.95. The zero-order valence-corrected chi connectivity index (χ0v) is 14.5. The van der Waals surface area contributed by atoms with Crippen molar-refractivity contribution >= 4 is 28.4 Å². The maximum absolute atomic E-state index is 12.4. The standard InChI is InChI=1S/C19H16N4O4/c1-10-3-2-4-12-16(10)22-17(23-18(12)25)19(26)20-8-11-5-6-14-13(7-11)21-15(24)9-27-14/h2-7H,8-9H2,1H3,(H,20,26)(H,21,24)(H,22,23,25). The molecule has 136 valence electrons. The van der Waals surface area contributed by atoms with E-state index in [4.69, 9.17) is 4.74 Å². The number of amides is 2. The molecule has 8 heteroatoms. The number of anilines is 1. The lowest BCUT2D eigenvalue weighted by atomic mass is 10.1. The molecule has 3 aromatic rings. The molecule has 0 spiro atoms. The van der Waals surface area contributed by atoms with Crippen LogP contribution in [0.3, 0.4) is 0 Å². The monoisotopic (exact) mass is 364 g/mol. The van der Waals surface area contributed by atoms with Crippen LogP contribution in [0.5, 0.6) is 5.75 Å². The van der Waals surface area contributed by atoms with Gasteiger partial charge in [0.15, 0.2) is 12.4 Å². The molecule has 0 aliphatic carbocycles. The number of hydrogen-bond donors (Lipinski definition) is 3. The van der Waals surface area contributed by atoms with Crippen molar-refractivity contribution < 1.29 is 14.3 Å². The number of carbonyl (C=O) groups excluding carboxylic acids is 2. The van der Waals surface area contributed by atoms with Crippen LogP contribution in [0.15, 0.2) is 41.2 Å². The fourth-order valence-corrected chi connectivity index (χ4v) is 2.92. The van der Waals surface area contributed by atoms with Crippen LogP contribution in [0.1, 0.15) is 21.7 Å². The number of nitrogens with zero attached hydrogens (tertiary/aromatic N) is 1. The highest BCUT2D eigenvalue weighted by Gasteiger charge is 2.17. The predicted octanol–water partition coefficient (Wildman–Crippen LogP) is 1.49. The highest BCUT2D eigenvalue weighted by atomic mass is 16.5. The average molecular weight is 364 g/mol. The van der Waals surface area contributed by atoms with Gasteiger partial charge < -0.3 is 20.4 Å². The zero-order chi connectivity index (χ0) is 19.0. The number of aromatic amines is 1. The third-order valence-corrected chi connectivity index (χ3v) is 4.28. The van der Waals surface area contributed by atoms with E-state index in [2.05, 4.69) is 20.6 Å². The van der Waals surface area contributed by atoms with Crippen LogP contribution in [-0.4, -0.2) is 28.4 Å². The molecule has 8 nitrogen and oxygen atoms in total. The smallest absolute Gasteiger partial charge is 0.287 e. The number of carbonyl (C=O) groups is 2. The van der Waals surface area contributed by atoms with Crippen molar-refractivity contribution in [1.82, 2.24) is 15.3 Å². The van der Waals surface area contributed by atoms with Gasteiger partial charge in [-0.1, -0.05) is 18.2 Å². The van der Waals surface area contributed by atoms with Gasteiger partial charge >= 0.3 is 0 Å². The lowest BCUT2D eigenvalue weighted by Crippen LogP contribution is -2.28. The zero-order valence-electron chi connectivity index (χ0n) is 14.5. The molecule has 1 aliphatic rings. The quantitative estimate of drug-likeness (QED) is 0.652.